The molecule has 1 aliphatic rings. The molecule has 0 spiro atoms. The van der Waals surface area contributed by atoms with Crippen molar-refractivity contribution in [3.05, 3.63) is 30.1 Å². The number of carbonyl (C=O) groups excluding carboxylic acids is 2. The summed E-state index contributed by atoms with van der Waals surface area (Å²) in [7, 11) is 0. The van der Waals surface area contributed by atoms with E-state index in [9.17, 15) is 14.0 Å². The first-order valence-electron chi connectivity index (χ1n) is 8.76. The summed E-state index contributed by atoms with van der Waals surface area (Å²) < 4.78 is 23.5. The van der Waals surface area contributed by atoms with Gasteiger partial charge >= 0.3 is 11.9 Å². The highest BCUT2D eigenvalue weighted by Crippen LogP contribution is 2.26. The molecule has 0 N–H and O–H groups in total. The highest BCUT2D eigenvalue weighted by Gasteiger charge is 2.14. The summed E-state index contributed by atoms with van der Waals surface area (Å²) in [6.07, 6.45) is 7.86. The van der Waals surface area contributed by atoms with E-state index in [2.05, 4.69) is 0 Å². The van der Waals surface area contributed by atoms with Crippen LogP contribution in [-0.2, 0) is 14.3 Å². The third kappa shape index (κ3) is 6.69. The summed E-state index contributed by atoms with van der Waals surface area (Å²) >= 11 is 0. The van der Waals surface area contributed by atoms with Crippen LogP contribution in [0.4, 0.5) is 4.39 Å². The first kappa shape index (κ1) is 18.4. The number of esters is 2. The number of halogens is 1. The molecule has 0 aromatic heterocycles. The van der Waals surface area contributed by atoms with E-state index < -0.39 is 11.8 Å². The molecule has 0 amide bonds. The molecule has 1 aliphatic carbocycles. The van der Waals surface area contributed by atoms with Gasteiger partial charge in [-0.15, -0.1) is 0 Å². The minimum Gasteiger partial charge on any atom is -0.466 e. The van der Waals surface area contributed by atoms with E-state index in [1.165, 1.54) is 50.3 Å². The Morgan fingerprint density at radius 3 is 2.50 bits per heavy atom. The van der Waals surface area contributed by atoms with Crippen LogP contribution < -0.4 is 4.74 Å². The molecule has 0 unspecified atom stereocenters. The van der Waals surface area contributed by atoms with Gasteiger partial charge in [0.25, 0.3) is 0 Å². The summed E-state index contributed by atoms with van der Waals surface area (Å²) in [4.78, 5) is 23.3. The molecule has 1 fully saturated rings. The highest BCUT2D eigenvalue weighted by atomic mass is 19.1. The van der Waals surface area contributed by atoms with Gasteiger partial charge in [0.2, 0.25) is 0 Å². The van der Waals surface area contributed by atoms with E-state index in [1.54, 1.807) is 6.07 Å². The van der Waals surface area contributed by atoms with Crippen molar-refractivity contribution < 1.29 is 23.5 Å². The lowest BCUT2D eigenvalue weighted by Crippen LogP contribution is -2.13. The topological polar surface area (TPSA) is 52.6 Å². The Kier molecular flexibility index (Phi) is 7.72. The average Bonchev–Trinajstić information content (AvgIpc) is 2.58. The van der Waals surface area contributed by atoms with Crippen molar-refractivity contribution in [3.63, 3.8) is 0 Å². The maximum atomic E-state index is 13.3. The predicted octanol–water partition coefficient (Wildman–Crippen LogP) is 4.42. The molecule has 5 heteroatoms. The largest absolute Gasteiger partial charge is 0.466 e. The third-order valence-corrected chi connectivity index (χ3v) is 4.34. The van der Waals surface area contributed by atoms with E-state index in [4.69, 9.17) is 9.47 Å². The lowest BCUT2D eigenvalue weighted by molar-refractivity contribution is -0.144. The van der Waals surface area contributed by atoms with Crippen LogP contribution in [0.5, 0.6) is 5.75 Å². The average molecular weight is 336 g/mol. The fraction of sp³-hybridized carbons (Fsp3) is 0.579. The minimum absolute atomic E-state index is 0.0616. The molecule has 1 aromatic carbocycles. The smallest absolute Gasteiger partial charge is 0.311 e. The van der Waals surface area contributed by atoms with E-state index in [-0.39, 0.29) is 24.6 Å². The van der Waals surface area contributed by atoms with Crippen LogP contribution in [0.1, 0.15) is 57.8 Å². The number of benzene rings is 1. The Bertz CT molecular complexity index is 538. The second-order valence-corrected chi connectivity index (χ2v) is 6.27. The molecule has 0 bridgehead atoms. The van der Waals surface area contributed by atoms with Gasteiger partial charge in [-0.2, -0.15) is 0 Å². The molecule has 24 heavy (non-hydrogen) atoms. The Hall–Kier alpha value is -1.91. The van der Waals surface area contributed by atoms with Crippen molar-refractivity contribution in [2.75, 3.05) is 6.61 Å². The summed E-state index contributed by atoms with van der Waals surface area (Å²) in [6.45, 7) is 0.461. The highest BCUT2D eigenvalue weighted by molar-refractivity contribution is 5.74. The zero-order chi connectivity index (χ0) is 17.2. The van der Waals surface area contributed by atoms with Gasteiger partial charge in [-0.05, 0) is 30.9 Å². The predicted molar refractivity (Wildman–Crippen MR) is 88.0 cm³/mol. The number of rotatable bonds is 8. The Balaban J connectivity index is 1.55. The number of hydrogen-bond acceptors (Lipinski definition) is 4. The van der Waals surface area contributed by atoms with E-state index in [0.29, 0.717) is 18.9 Å². The molecular formula is C19H25FO4. The van der Waals surface area contributed by atoms with Gasteiger partial charge in [0, 0.05) is 12.8 Å². The van der Waals surface area contributed by atoms with E-state index in [0.717, 1.165) is 6.42 Å². The summed E-state index contributed by atoms with van der Waals surface area (Å²) in [5.41, 5.74) is 0. The minimum atomic E-state index is -0.576. The van der Waals surface area contributed by atoms with E-state index >= 15 is 0 Å². The first-order chi connectivity index (χ1) is 11.6. The molecule has 132 valence electrons. The van der Waals surface area contributed by atoms with Crippen LogP contribution in [0.15, 0.2) is 24.3 Å². The van der Waals surface area contributed by atoms with Gasteiger partial charge in [0.05, 0.1) is 6.61 Å². The Morgan fingerprint density at radius 2 is 1.75 bits per heavy atom. The molecule has 0 heterocycles. The Labute approximate surface area is 142 Å². The van der Waals surface area contributed by atoms with Crippen LogP contribution >= 0.6 is 0 Å². The fourth-order valence-electron chi connectivity index (χ4n) is 2.97. The van der Waals surface area contributed by atoms with Crippen molar-refractivity contribution in [2.45, 2.75) is 57.8 Å². The quantitative estimate of drug-likeness (QED) is 0.521. The van der Waals surface area contributed by atoms with Gasteiger partial charge in [-0.1, -0.05) is 44.2 Å². The fourth-order valence-corrected chi connectivity index (χ4v) is 2.97. The van der Waals surface area contributed by atoms with Gasteiger partial charge < -0.3 is 9.47 Å². The van der Waals surface area contributed by atoms with Crippen LogP contribution in [0.25, 0.3) is 0 Å². The molecule has 0 aliphatic heterocycles. The van der Waals surface area contributed by atoms with Crippen molar-refractivity contribution in [3.8, 4) is 5.75 Å². The van der Waals surface area contributed by atoms with Gasteiger partial charge in [0.15, 0.2) is 11.6 Å². The molecule has 0 saturated heterocycles. The number of hydrogen-bond donors (Lipinski definition) is 0. The standard InChI is InChI=1S/C19H25FO4/c20-16-9-4-5-10-17(16)24-19(22)12-6-11-18(21)23-14-13-15-7-2-1-3-8-15/h4-5,9-10,15H,1-3,6-8,11-14H2. The Morgan fingerprint density at radius 1 is 1.04 bits per heavy atom. The molecule has 1 aromatic rings. The monoisotopic (exact) mass is 336 g/mol. The molecule has 4 nitrogen and oxygen atoms in total. The zero-order valence-corrected chi connectivity index (χ0v) is 14.0. The van der Waals surface area contributed by atoms with Crippen LogP contribution in [0.2, 0.25) is 0 Å². The molecular weight excluding hydrogens is 311 g/mol. The lowest BCUT2D eigenvalue weighted by atomic mass is 9.87. The van der Waals surface area contributed by atoms with Gasteiger partial charge in [-0.25, -0.2) is 4.39 Å². The van der Waals surface area contributed by atoms with Crippen LogP contribution in [0.3, 0.4) is 0 Å². The maximum absolute atomic E-state index is 13.3. The second kappa shape index (κ2) is 10.1. The summed E-state index contributed by atoms with van der Waals surface area (Å²) in [6, 6.07) is 5.74. The number of para-hydroxylation sites is 1. The molecule has 2 rings (SSSR count). The number of carbonyl (C=O) groups is 2. The normalized spacial score (nSPS) is 15.0. The lowest BCUT2D eigenvalue weighted by Gasteiger charge is -2.21. The molecule has 0 radical (unpaired) electrons. The third-order valence-electron chi connectivity index (χ3n) is 4.34. The van der Waals surface area contributed by atoms with Gasteiger partial charge in [-0.3, -0.25) is 9.59 Å². The van der Waals surface area contributed by atoms with Crippen molar-refractivity contribution in [1.29, 1.82) is 0 Å². The van der Waals surface area contributed by atoms with E-state index in [1.807, 2.05) is 0 Å². The molecule has 1 saturated carbocycles. The SMILES string of the molecule is O=C(CCCC(=O)Oc1ccccc1F)OCCC1CCCCC1. The van der Waals surface area contributed by atoms with Crippen LogP contribution in [-0.4, -0.2) is 18.5 Å². The summed E-state index contributed by atoms with van der Waals surface area (Å²) in [5.74, 6) is -0.813. The van der Waals surface area contributed by atoms with Crippen LogP contribution in [0, 0.1) is 11.7 Å². The number of ether oxygens (including phenoxy) is 2. The second-order valence-electron chi connectivity index (χ2n) is 6.27. The van der Waals surface area contributed by atoms with Crippen molar-refractivity contribution >= 4 is 11.9 Å². The van der Waals surface area contributed by atoms with Gasteiger partial charge in [0.1, 0.15) is 0 Å². The molecule has 0 atom stereocenters. The van der Waals surface area contributed by atoms with Crippen molar-refractivity contribution in [1.82, 2.24) is 0 Å². The van der Waals surface area contributed by atoms with Crippen molar-refractivity contribution in [2.24, 2.45) is 5.92 Å². The maximum Gasteiger partial charge on any atom is 0.311 e. The summed E-state index contributed by atoms with van der Waals surface area (Å²) in [5, 5.41) is 0. The first-order valence-corrected chi connectivity index (χ1v) is 8.76. The zero-order valence-electron chi connectivity index (χ0n) is 14.0.